The van der Waals surface area contributed by atoms with Crippen LogP contribution in [0.15, 0.2) is 23.6 Å². The molecule has 1 rings (SSSR count). The van der Waals surface area contributed by atoms with Crippen molar-refractivity contribution in [2.24, 2.45) is 0 Å². The van der Waals surface area contributed by atoms with Crippen molar-refractivity contribution in [3.05, 3.63) is 18.6 Å². The molecule has 1 unspecified atom stereocenters. The molecule has 112 valence electrons. The third-order valence-electron chi connectivity index (χ3n) is 2.94. The van der Waals surface area contributed by atoms with E-state index in [1.807, 2.05) is 13.8 Å². The van der Waals surface area contributed by atoms with Gasteiger partial charge in [0.2, 0.25) is 0 Å². The minimum Gasteiger partial charge on any atom is -0.480 e. The molecule has 0 spiro atoms. The van der Waals surface area contributed by atoms with Crippen molar-refractivity contribution in [1.82, 2.24) is 15.3 Å². The van der Waals surface area contributed by atoms with Crippen LogP contribution in [0.1, 0.15) is 40.0 Å². The molecule has 1 heterocycles. The van der Waals surface area contributed by atoms with Gasteiger partial charge in [0.25, 0.3) is 0 Å². The molecular weight excluding hydrogens is 274 g/mol. The predicted octanol–water partition coefficient (Wildman–Crippen LogP) is 2.58. The van der Waals surface area contributed by atoms with Gasteiger partial charge in [0.05, 0.1) is 6.20 Å². The van der Waals surface area contributed by atoms with Crippen molar-refractivity contribution in [1.29, 1.82) is 0 Å². The first-order chi connectivity index (χ1) is 9.44. The number of carboxylic acid groups (broad SMARTS) is 1. The quantitative estimate of drug-likeness (QED) is 0.539. The van der Waals surface area contributed by atoms with E-state index in [1.165, 1.54) is 0 Å². The largest absolute Gasteiger partial charge is 0.480 e. The second-order valence-electron chi connectivity index (χ2n) is 5.29. The second-order valence-corrected chi connectivity index (χ2v) is 6.40. The van der Waals surface area contributed by atoms with E-state index in [0.29, 0.717) is 6.42 Å². The summed E-state index contributed by atoms with van der Waals surface area (Å²) >= 11 is 1.65. The molecule has 0 bridgehead atoms. The van der Waals surface area contributed by atoms with E-state index in [2.05, 4.69) is 15.3 Å². The van der Waals surface area contributed by atoms with E-state index in [4.69, 9.17) is 0 Å². The lowest BCUT2D eigenvalue weighted by atomic mass is 9.94. The van der Waals surface area contributed by atoms with E-state index in [-0.39, 0.29) is 6.04 Å². The molecule has 1 atom stereocenters. The van der Waals surface area contributed by atoms with Crippen LogP contribution < -0.4 is 5.32 Å². The highest BCUT2D eigenvalue weighted by molar-refractivity contribution is 7.99. The molecule has 20 heavy (non-hydrogen) atoms. The Morgan fingerprint density at radius 3 is 2.75 bits per heavy atom. The number of carbonyl (C=O) groups is 1. The number of nitrogens with one attached hydrogen (secondary N) is 1. The molecule has 0 saturated carbocycles. The molecule has 1 aromatic heterocycles. The van der Waals surface area contributed by atoms with Crippen molar-refractivity contribution >= 4 is 17.7 Å². The van der Waals surface area contributed by atoms with E-state index in [9.17, 15) is 9.90 Å². The number of aliphatic carboxylic acids is 1. The third kappa shape index (κ3) is 5.88. The Kier molecular flexibility index (Phi) is 6.95. The number of hydrogen-bond donors (Lipinski definition) is 2. The van der Waals surface area contributed by atoms with Gasteiger partial charge in [-0.15, -0.1) is 11.8 Å². The van der Waals surface area contributed by atoms with Gasteiger partial charge in [-0.3, -0.25) is 15.1 Å². The van der Waals surface area contributed by atoms with Crippen LogP contribution in [0.25, 0.3) is 0 Å². The molecule has 0 aromatic carbocycles. The maximum Gasteiger partial charge on any atom is 0.323 e. The SMILES string of the molecule is CC(C)NC(C)(CCCCSc1cnccn1)C(=O)O. The number of rotatable bonds is 9. The van der Waals surface area contributed by atoms with E-state index in [1.54, 1.807) is 37.3 Å². The first kappa shape index (κ1) is 16.9. The number of nitrogens with zero attached hydrogens (tertiary/aromatic N) is 2. The van der Waals surface area contributed by atoms with Crippen LogP contribution in [-0.4, -0.2) is 38.4 Å². The molecule has 0 aliphatic heterocycles. The average Bonchev–Trinajstić information content (AvgIpc) is 2.38. The highest BCUT2D eigenvalue weighted by atomic mass is 32.2. The number of thioether (sulfide) groups is 1. The lowest BCUT2D eigenvalue weighted by Gasteiger charge is -2.28. The molecule has 6 heteroatoms. The fraction of sp³-hybridized carbons (Fsp3) is 0.643. The molecular formula is C14H23N3O2S. The van der Waals surface area contributed by atoms with Gasteiger partial charge in [-0.25, -0.2) is 4.98 Å². The van der Waals surface area contributed by atoms with Gasteiger partial charge in [-0.05, 0) is 39.4 Å². The van der Waals surface area contributed by atoms with Gasteiger partial charge in [0, 0.05) is 18.4 Å². The van der Waals surface area contributed by atoms with Crippen molar-refractivity contribution in [2.45, 2.75) is 56.6 Å². The zero-order valence-electron chi connectivity index (χ0n) is 12.3. The molecule has 1 aromatic rings. The van der Waals surface area contributed by atoms with E-state index >= 15 is 0 Å². The summed E-state index contributed by atoms with van der Waals surface area (Å²) in [5.74, 6) is 0.142. The van der Waals surface area contributed by atoms with Crippen LogP contribution in [0.2, 0.25) is 0 Å². The van der Waals surface area contributed by atoms with Crippen LogP contribution in [0, 0.1) is 0 Å². The first-order valence-electron chi connectivity index (χ1n) is 6.84. The minimum absolute atomic E-state index is 0.157. The normalized spacial score (nSPS) is 14.2. The maximum atomic E-state index is 11.4. The molecule has 5 nitrogen and oxygen atoms in total. The number of unbranched alkanes of at least 4 members (excludes halogenated alkanes) is 1. The summed E-state index contributed by atoms with van der Waals surface area (Å²) < 4.78 is 0. The highest BCUT2D eigenvalue weighted by Crippen LogP contribution is 2.19. The van der Waals surface area contributed by atoms with Gasteiger partial charge >= 0.3 is 5.97 Å². The van der Waals surface area contributed by atoms with Crippen LogP contribution in [0.5, 0.6) is 0 Å². The fourth-order valence-corrected chi connectivity index (χ4v) is 2.82. The molecule has 0 aliphatic rings. The third-order valence-corrected chi connectivity index (χ3v) is 3.94. The lowest BCUT2D eigenvalue weighted by Crippen LogP contribution is -2.52. The Hall–Kier alpha value is -1.14. The summed E-state index contributed by atoms with van der Waals surface area (Å²) in [5, 5.41) is 13.4. The Morgan fingerprint density at radius 1 is 1.45 bits per heavy atom. The summed E-state index contributed by atoms with van der Waals surface area (Å²) in [6.07, 6.45) is 7.53. The summed E-state index contributed by atoms with van der Waals surface area (Å²) in [6, 6.07) is 0.157. The first-order valence-corrected chi connectivity index (χ1v) is 7.82. The standard InChI is InChI=1S/C14H23N3O2S/c1-11(2)17-14(3,13(18)19)6-4-5-9-20-12-10-15-7-8-16-12/h7-8,10-11,17H,4-6,9H2,1-3H3,(H,18,19). The van der Waals surface area contributed by atoms with Crippen molar-refractivity contribution in [2.75, 3.05) is 5.75 Å². The number of hydrogen-bond acceptors (Lipinski definition) is 5. The van der Waals surface area contributed by atoms with Gasteiger partial charge in [0.15, 0.2) is 0 Å². The maximum absolute atomic E-state index is 11.4. The van der Waals surface area contributed by atoms with Gasteiger partial charge < -0.3 is 5.11 Å². The molecule has 0 aliphatic carbocycles. The van der Waals surface area contributed by atoms with Crippen LogP contribution >= 0.6 is 11.8 Å². The van der Waals surface area contributed by atoms with Crippen molar-refractivity contribution in [3.8, 4) is 0 Å². The number of aromatic nitrogens is 2. The van der Waals surface area contributed by atoms with E-state index in [0.717, 1.165) is 23.6 Å². The zero-order chi connectivity index (χ0) is 15.0. The van der Waals surface area contributed by atoms with Crippen LogP contribution in [-0.2, 0) is 4.79 Å². The Morgan fingerprint density at radius 2 is 2.20 bits per heavy atom. The van der Waals surface area contributed by atoms with Crippen molar-refractivity contribution < 1.29 is 9.90 Å². The zero-order valence-corrected chi connectivity index (χ0v) is 13.1. The minimum atomic E-state index is -0.842. The summed E-state index contributed by atoms with van der Waals surface area (Å²) in [6.45, 7) is 5.68. The fourth-order valence-electron chi connectivity index (χ4n) is 2.00. The molecule has 0 saturated heterocycles. The molecule has 0 fully saturated rings. The Balaban J connectivity index is 2.29. The van der Waals surface area contributed by atoms with E-state index < -0.39 is 11.5 Å². The average molecular weight is 297 g/mol. The number of carboxylic acids is 1. The predicted molar refractivity (Wildman–Crippen MR) is 80.9 cm³/mol. The second kappa shape index (κ2) is 8.21. The lowest BCUT2D eigenvalue weighted by molar-refractivity contribution is -0.144. The van der Waals surface area contributed by atoms with Gasteiger partial charge in [-0.2, -0.15) is 0 Å². The monoisotopic (exact) mass is 297 g/mol. The van der Waals surface area contributed by atoms with Gasteiger partial charge in [0.1, 0.15) is 10.6 Å². The van der Waals surface area contributed by atoms with Crippen molar-refractivity contribution in [3.63, 3.8) is 0 Å². The highest BCUT2D eigenvalue weighted by Gasteiger charge is 2.32. The summed E-state index contributed by atoms with van der Waals surface area (Å²) in [5.41, 5.74) is -0.842. The smallest absolute Gasteiger partial charge is 0.323 e. The van der Waals surface area contributed by atoms with Gasteiger partial charge in [-0.1, -0.05) is 6.42 Å². The Bertz CT molecular complexity index is 414. The summed E-state index contributed by atoms with van der Waals surface area (Å²) in [7, 11) is 0. The van der Waals surface area contributed by atoms with Crippen LogP contribution in [0.3, 0.4) is 0 Å². The Labute approximate surface area is 124 Å². The molecule has 2 N–H and O–H groups in total. The summed E-state index contributed by atoms with van der Waals surface area (Å²) in [4.78, 5) is 19.6. The van der Waals surface area contributed by atoms with Crippen LogP contribution in [0.4, 0.5) is 0 Å². The topological polar surface area (TPSA) is 75.1 Å². The molecule has 0 radical (unpaired) electrons. The molecule has 0 amide bonds.